The molecule has 1 saturated heterocycles. The van der Waals surface area contributed by atoms with Gasteiger partial charge in [-0.05, 0) is 12.1 Å². The molecular weight excluding hydrogens is 383 g/mol. The zero-order chi connectivity index (χ0) is 20.0. The average Bonchev–Trinajstić information content (AvgIpc) is 3.45. The Labute approximate surface area is 163 Å². The van der Waals surface area contributed by atoms with Crippen molar-refractivity contribution in [1.82, 2.24) is 29.7 Å². The van der Waals surface area contributed by atoms with E-state index in [9.17, 15) is 13.2 Å². The zero-order valence-electron chi connectivity index (χ0n) is 15.0. The van der Waals surface area contributed by atoms with Crippen molar-refractivity contribution in [3.05, 3.63) is 54.6 Å². The molecule has 4 aromatic rings. The second-order valence-electron chi connectivity index (χ2n) is 6.80. The highest BCUT2D eigenvalue weighted by Gasteiger charge is 2.28. The molecule has 29 heavy (non-hydrogen) atoms. The summed E-state index contributed by atoms with van der Waals surface area (Å²) in [5.74, 6) is -1.22. The fourth-order valence-electron chi connectivity index (χ4n) is 3.44. The van der Waals surface area contributed by atoms with Crippen molar-refractivity contribution in [2.24, 2.45) is 0 Å². The van der Waals surface area contributed by atoms with Crippen LogP contribution >= 0.6 is 0 Å². The fraction of sp³-hybridized carbons (Fsp3) is 0.211. The number of aromatic nitrogens is 5. The van der Waals surface area contributed by atoms with Crippen molar-refractivity contribution in [3.8, 4) is 22.8 Å². The van der Waals surface area contributed by atoms with E-state index in [1.807, 2.05) is 0 Å². The van der Waals surface area contributed by atoms with Gasteiger partial charge in [0.25, 0.3) is 0 Å². The third-order valence-corrected chi connectivity index (χ3v) is 4.92. The molecule has 0 amide bonds. The van der Waals surface area contributed by atoms with Gasteiger partial charge in [0.2, 0.25) is 0 Å². The van der Waals surface area contributed by atoms with Crippen LogP contribution in [-0.2, 0) is 0 Å². The van der Waals surface area contributed by atoms with E-state index in [-0.39, 0.29) is 18.1 Å². The predicted octanol–water partition coefficient (Wildman–Crippen LogP) is 2.79. The van der Waals surface area contributed by atoms with Crippen LogP contribution in [0.4, 0.5) is 19.0 Å². The topological polar surface area (TPSA) is 82.9 Å². The first-order valence-corrected chi connectivity index (χ1v) is 9.05. The summed E-state index contributed by atoms with van der Waals surface area (Å²) in [6.45, 7) is 0.513. The zero-order valence-corrected chi connectivity index (χ0v) is 15.0. The van der Waals surface area contributed by atoms with Crippen LogP contribution in [-0.4, -0.2) is 49.6 Å². The molecule has 4 aromatic heterocycles. The summed E-state index contributed by atoms with van der Waals surface area (Å²) < 4.78 is 44.3. The molecule has 0 unspecified atom stereocenters. The number of nitrogens with one attached hydrogen (secondary N) is 3. The smallest absolute Gasteiger partial charge is 0.168 e. The number of hydrogen-bond acceptors (Lipinski definition) is 5. The number of nitrogens with zero attached hydrogens (tertiary/aromatic N) is 4. The lowest BCUT2D eigenvalue weighted by atomic mass is 10.2. The van der Waals surface area contributed by atoms with Gasteiger partial charge in [-0.25, -0.2) is 28.1 Å². The molecule has 7 nitrogen and oxygen atoms in total. The molecule has 1 fully saturated rings. The minimum Gasteiger partial charge on any atom is -0.361 e. The third-order valence-electron chi connectivity index (χ3n) is 4.92. The maximum atomic E-state index is 14.5. The Bertz CT molecular complexity index is 1170. The summed E-state index contributed by atoms with van der Waals surface area (Å²) in [6.07, 6.45) is 5.35. The normalized spacial score (nSPS) is 19.1. The molecule has 0 spiro atoms. The molecule has 1 aliphatic heterocycles. The SMILES string of the molecule is Fc1cc(F)c(-c2cnc3cc(-c4ncc[nH]4)ccn23)nc1N[C@H]1CNC[C@@H]1F. The minimum atomic E-state index is -1.18. The van der Waals surface area contributed by atoms with Crippen molar-refractivity contribution in [2.75, 3.05) is 18.4 Å². The predicted molar refractivity (Wildman–Crippen MR) is 101 cm³/mol. The van der Waals surface area contributed by atoms with E-state index in [4.69, 9.17) is 0 Å². The van der Waals surface area contributed by atoms with Gasteiger partial charge < -0.3 is 15.6 Å². The first-order chi connectivity index (χ1) is 14.1. The molecule has 0 saturated carbocycles. The van der Waals surface area contributed by atoms with Crippen molar-refractivity contribution in [3.63, 3.8) is 0 Å². The summed E-state index contributed by atoms with van der Waals surface area (Å²) in [5.41, 5.74) is 1.65. The monoisotopic (exact) mass is 399 g/mol. The Kier molecular flexibility index (Phi) is 4.20. The van der Waals surface area contributed by atoms with Gasteiger partial charge in [-0.15, -0.1) is 0 Å². The lowest BCUT2D eigenvalue weighted by molar-refractivity contribution is 0.341. The van der Waals surface area contributed by atoms with Crippen LogP contribution in [0, 0.1) is 11.6 Å². The number of halogens is 3. The number of hydrogen-bond donors (Lipinski definition) is 3. The van der Waals surface area contributed by atoms with Gasteiger partial charge in [0.15, 0.2) is 17.5 Å². The summed E-state index contributed by atoms with van der Waals surface area (Å²) in [6, 6.07) is 3.71. The van der Waals surface area contributed by atoms with Gasteiger partial charge in [-0.1, -0.05) is 0 Å². The number of H-pyrrole nitrogens is 1. The van der Waals surface area contributed by atoms with Crippen LogP contribution in [0.2, 0.25) is 0 Å². The molecule has 2 atom stereocenters. The van der Waals surface area contributed by atoms with Crippen molar-refractivity contribution in [1.29, 1.82) is 0 Å². The van der Waals surface area contributed by atoms with E-state index in [1.165, 1.54) is 6.20 Å². The molecule has 10 heteroatoms. The number of aromatic amines is 1. The molecule has 0 bridgehead atoms. The maximum Gasteiger partial charge on any atom is 0.168 e. The van der Waals surface area contributed by atoms with Crippen molar-refractivity contribution < 1.29 is 13.2 Å². The number of pyridine rings is 2. The second-order valence-corrected chi connectivity index (χ2v) is 6.80. The molecule has 5 heterocycles. The van der Waals surface area contributed by atoms with Crippen LogP contribution in [0.3, 0.4) is 0 Å². The number of alkyl halides is 1. The van der Waals surface area contributed by atoms with E-state index in [0.29, 0.717) is 23.7 Å². The Hall–Kier alpha value is -3.40. The van der Waals surface area contributed by atoms with Gasteiger partial charge in [-0.3, -0.25) is 4.40 Å². The Balaban J connectivity index is 1.54. The van der Waals surface area contributed by atoms with E-state index in [1.54, 1.807) is 35.1 Å². The van der Waals surface area contributed by atoms with E-state index >= 15 is 0 Å². The second kappa shape index (κ2) is 6.89. The Morgan fingerprint density at radius 2 is 2.03 bits per heavy atom. The highest BCUT2D eigenvalue weighted by molar-refractivity contribution is 5.67. The van der Waals surface area contributed by atoms with Gasteiger partial charge in [0, 0.05) is 43.3 Å². The largest absolute Gasteiger partial charge is 0.361 e. The van der Waals surface area contributed by atoms with Crippen molar-refractivity contribution >= 4 is 11.5 Å². The van der Waals surface area contributed by atoms with Gasteiger partial charge in [-0.2, -0.15) is 0 Å². The molecule has 5 rings (SSSR count). The quantitative estimate of drug-likeness (QED) is 0.492. The highest BCUT2D eigenvalue weighted by Crippen LogP contribution is 2.27. The van der Waals surface area contributed by atoms with E-state index < -0.39 is 23.8 Å². The lowest BCUT2D eigenvalue weighted by Gasteiger charge is -2.16. The van der Waals surface area contributed by atoms with Crippen LogP contribution in [0.1, 0.15) is 0 Å². The Morgan fingerprint density at radius 3 is 2.79 bits per heavy atom. The van der Waals surface area contributed by atoms with E-state index in [0.717, 1.165) is 11.6 Å². The summed E-state index contributed by atoms with van der Waals surface area (Å²) in [4.78, 5) is 15.6. The number of anilines is 1. The summed E-state index contributed by atoms with van der Waals surface area (Å²) in [7, 11) is 0. The average molecular weight is 399 g/mol. The Morgan fingerprint density at radius 1 is 1.14 bits per heavy atom. The molecule has 1 aliphatic rings. The first kappa shape index (κ1) is 17.7. The lowest BCUT2D eigenvalue weighted by Crippen LogP contribution is -2.30. The molecule has 148 valence electrons. The molecule has 0 radical (unpaired) electrons. The van der Waals surface area contributed by atoms with Crippen LogP contribution in [0.15, 0.2) is 43.0 Å². The van der Waals surface area contributed by atoms with Gasteiger partial charge in [0.1, 0.15) is 23.3 Å². The molecule has 0 aliphatic carbocycles. The molecular formula is C19H16F3N7. The number of imidazole rings is 2. The molecule has 0 aromatic carbocycles. The van der Waals surface area contributed by atoms with Gasteiger partial charge in [0.05, 0.1) is 17.9 Å². The van der Waals surface area contributed by atoms with E-state index in [2.05, 4.69) is 30.6 Å². The highest BCUT2D eigenvalue weighted by atomic mass is 19.1. The standard InChI is InChI=1S/C19H16F3N7/c20-11-6-12(21)19(27-14-8-23-7-13(14)22)28-17(11)15-9-26-16-5-10(1-4-29(15)16)18-24-2-3-25-18/h1-6,9,13-14,23H,7-8H2,(H,24,25)(H,27,28)/t13-,14-/m0/s1. The fourth-order valence-corrected chi connectivity index (χ4v) is 3.44. The molecule has 3 N–H and O–H groups in total. The first-order valence-electron chi connectivity index (χ1n) is 9.05. The van der Waals surface area contributed by atoms with Crippen LogP contribution in [0.25, 0.3) is 28.4 Å². The summed E-state index contributed by atoms with van der Waals surface area (Å²) >= 11 is 0. The maximum absolute atomic E-state index is 14.5. The number of rotatable bonds is 4. The number of fused-ring (bicyclic) bond motifs is 1. The third kappa shape index (κ3) is 3.11. The van der Waals surface area contributed by atoms with Crippen LogP contribution in [0.5, 0.6) is 0 Å². The summed E-state index contributed by atoms with van der Waals surface area (Å²) in [5, 5.41) is 5.60. The van der Waals surface area contributed by atoms with Crippen molar-refractivity contribution in [2.45, 2.75) is 12.2 Å². The minimum absolute atomic E-state index is 0.0755. The van der Waals surface area contributed by atoms with Crippen LogP contribution < -0.4 is 10.6 Å². The van der Waals surface area contributed by atoms with Gasteiger partial charge >= 0.3 is 0 Å².